The standard InChI is InChI=1S/C31H38O5S/c1-2-26-19-21-27(22-20-26)25-36-30-18-14-17-29(31(30)28-15-10-9-11-16-28)35-23-12-7-5-3-4-6-8-13-24-37(32,33)34/h2,9-11,14-22H,1,3-8,12-13,23-25H2,(H,32,33,34). The summed E-state index contributed by atoms with van der Waals surface area (Å²) >= 11 is 0. The molecule has 3 aromatic rings. The van der Waals surface area contributed by atoms with Crippen LogP contribution in [0.4, 0.5) is 0 Å². The monoisotopic (exact) mass is 522 g/mol. The van der Waals surface area contributed by atoms with E-state index in [1.165, 1.54) is 0 Å². The van der Waals surface area contributed by atoms with Crippen molar-refractivity contribution in [2.45, 2.75) is 58.0 Å². The van der Waals surface area contributed by atoms with Gasteiger partial charge in [0.15, 0.2) is 0 Å². The third-order valence-corrected chi connectivity index (χ3v) is 7.02. The van der Waals surface area contributed by atoms with E-state index < -0.39 is 10.1 Å². The molecular weight excluding hydrogens is 484 g/mol. The van der Waals surface area contributed by atoms with Crippen LogP contribution in [0.3, 0.4) is 0 Å². The first-order valence-electron chi connectivity index (χ1n) is 13.1. The van der Waals surface area contributed by atoms with Gasteiger partial charge in [0.05, 0.1) is 17.9 Å². The molecule has 5 nitrogen and oxygen atoms in total. The molecule has 0 heterocycles. The zero-order valence-electron chi connectivity index (χ0n) is 21.5. The lowest BCUT2D eigenvalue weighted by Crippen LogP contribution is -2.03. The summed E-state index contributed by atoms with van der Waals surface area (Å²) in [4.78, 5) is 0. The van der Waals surface area contributed by atoms with Crippen LogP contribution in [0.2, 0.25) is 0 Å². The highest BCUT2D eigenvalue weighted by Crippen LogP contribution is 2.39. The predicted molar refractivity (Wildman–Crippen MR) is 152 cm³/mol. The van der Waals surface area contributed by atoms with Crippen LogP contribution in [-0.2, 0) is 16.7 Å². The van der Waals surface area contributed by atoms with Gasteiger partial charge in [-0.2, -0.15) is 8.42 Å². The van der Waals surface area contributed by atoms with Gasteiger partial charge in [0.1, 0.15) is 18.1 Å². The molecule has 6 heteroatoms. The van der Waals surface area contributed by atoms with E-state index in [-0.39, 0.29) is 5.75 Å². The maximum Gasteiger partial charge on any atom is 0.264 e. The highest BCUT2D eigenvalue weighted by molar-refractivity contribution is 7.85. The Morgan fingerprint density at radius 3 is 1.92 bits per heavy atom. The van der Waals surface area contributed by atoms with Crippen molar-refractivity contribution in [2.75, 3.05) is 12.4 Å². The molecule has 0 fully saturated rings. The van der Waals surface area contributed by atoms with E-state index in [0.717, 1.165) is 78.7 Å². The van der Waals surface area contributed by atoms with Crippen molar-refractivity contribution in [3.05, 3.63) is 90.5 Å². The summed E-state index contributed by atoms with van der Waals surface area (Å²) in [6.45, 7) is 4.91. The van der Waals surface area contributed by atoms with Crippen molar-refractivity contribution in [3.63, 3.8) is 0 Å². The minimum atomic E-state index is -3.82. The number of unbranched alkanes of at least 4 members (excludes halogenated alkanes) is 7. The van der Waals surface area contributed by atoms with Crippen molar-refractivity contribution in [1.82, 2.24) is 0 Å². The lowest BCUT2D eigenvalue weighted by molar-refractivity contribution is 0.292. The van der Waals surface area contributed by atoms with Gasteiger partial charge in [0.25, 0.3) is 10.1 Å². The SMILES string of the molecule is C=Cc1ccc(COc2cccc(OCCCCCCCCCCS(=O)(=O)O)c2-c2ccccc2)cc1. The number of rotatable bonds is 17. The molecular formula is C31H38O5S. The van der Waals surface area contributed by atoms with E-state index >= 15 is 0 Å². The summed E-state index contributed by atoms with van der Waals surface area (Å²) < 4.78 is 42.7. The van der Waals surface area contributed by atoms with E-state index in [1.54, 1.807) is 0 Å². The smallest absolute Gasteiger partial charge is 0.264 e. The lowest BCUT2D eigenvalue weighted by atomic mass is 10.0. The van der Waals surface area contributed by atoms with E-state index in [9.17, 15) is 8.42 Å². The fourth-order valence-electron chi connectivity index (χ4n) is 4.18. The first-order valence-corrected chi connectivity index (χ1v) is 14.7. The number of hydrogen-bond acceptors (Lipinski definition) is 4. The molecule has 0 atom stereocenters. The molecule has 0 aromatic heterocycles. The predicted octanol–water partition coefficient (Wildman–Crippen LogP) is 7.96. The van der Waals surface area contributed by atoms with Crippen LogP contribution in [-0.4, -0.2) is 25.3 Å². The summed E-state index contributed by atoms with van der Waals surface area (Å²) in [5.74, 6) is 1.49. The maximum atomic E-state index is 10.7. The zero-order chi connectivity index (χ0) is 26.3. The average molecular weight is 523 g/mol. The Morgan fingerprint density at radius 1 is 0.703 bits per heavy atom. The Hall–Kier alpha value is -3.09. The molecule has 0 spiro atoms. The largest absolute Gasteiger partial charge is 0.493 e. The van der Waals surface area contributed by atoms with Crippen LogP contribution in [0.5, 0.6) is 11.5 Å². The minimum absolute atomic E-state index is 0.135. The van der Waals surface area contributed by atoms with E-state index in [1.807, 2.05) is 54.6 Å². The minimum Gasteiger partial charge on any atom is -0.493 e. The van der Waals surface area contributed by atoms with E-state index in [4.69, 9.17) is 14.0 Å². The van der Waals surface area contributed by atoms with Gasteiger partial charge in [-0.15, -0.1) is 0 Å². The number of ether oxygens (including phenoxy) is 2. The summed E-state index contributed by atoms with van der Waals surface area (Å²) in [6.07, 6.45) is 9.58. The van der Waals surface area contributed by atoms with Crippen molar-refractivity contribution in [3.8, 4) is 22.6 Å². The molecule has 0 saturated heterocycles. The van der Waals surface area contributed by atoms with Gasteiger partial charge in [0.2, 0.25) is 0 Å². The fourth-order valence-corrected chi connectivity index (χ4v) is 4.75. The van der Waals surface area contributed by atoms with Crippen LogP contribution < -0.4 is 9.47 Å². The van der Waals surface area contributed by atoms with Gasteiger partial charge < -0.3 is 9.47 Å². The van der Waals surface area contributed by atoms with Gasteiger partial charge in [-0.1, -0.05) is 112 Å². The molecule has 0 aliphatic heterocycles. The molecule has 1 N–H and O–H groups in total. The first kappa shape index (κ1) is 28.5. The van der Waals surface area contributed by atoms with Gasteiger partial charge >= 0.3 is 0 Å². The highest BCUT2D eigenvalue weighted by Gasteiger charge is 2.13. The molecule has 198 valence electrons. The number of benzene rings is 3. The van der Waals surface area contributed by atoms with Crippen molar-refractivity contribution in [1.29, 1.82) is 0 Å². The molecule has 3 rings (SSSR count). The van der Waals surface area contributed by atoms with Gasteiger partial charge in [-0.3, -0.25) is 4.55 Å². The third kappa shape index (κ3) is 10.4. The molecule has 0 bridgehead atoms. The van der Waals surface area contributed by atoms with E-state index in [2.05, 4.69) is 30.8 Å². The van der Waals surface area contributed by atoms with Crippen molar-refractivity contribution < 1.29 is 22.4 Å². The molecule has 37 heavy (non-hydrogen) atoms. The summed E-state index contributed by atoms with van der Waals surface area (Å²) in [5, 5.41) is 0. The van der Waals surface area contributed by atoms with Gasteiger partial charge in [0, 0.05) is 0 Å². The molecule has 3 aromatic carbocycles. The molecule has 0 saturated carbocycles. The highest BCUT2D eigenvalue weighted by atomic mass is 32.2. The zero-order valence-corrected chi connectivity index (χ0v) is 22.3. The Morgan fingerprint density at radius 2 is 1.30 bits per heavy atom. The Labute approximate surface area is 221 Å². The first-order chi connectivity index (χ1) is 18.0. The van der Waals surface area contributed by atoms with E-state index in [0.29, 0.717) is 19.6 Å². The second kappa shape index (κ2) is 15.2. The van der Waals surface area contributed by atoms with Gasteiger partial charge in [-0.05, 0) is 41.7 Å². The second-order valence-corrected chi connectivity index (χ2v) is 10.8. The van der Waals surface area contributed by atoms with Crippen molar-refractivity contribution in [2.24, 2.45) is 0 Å². The molecule has 0 radical (unpaired) electrons. The average Bonchev–Trinajstić information content (AvgIpc) is 2.90. The molecule has 0 aliphatic rings. The Balaban J connectivity index is 1.49. The number of hydrogen-bond donors (Lipinski definition) is 1. The molecule has 0 aliphatic carbocycles. The Kier molecular flexibility index (Phi) is 11.7. The van der Waals surface area contributed by atoms with Gasteiger partial charge in [-0.25, -0.2) is 0 Å². The fraction of sp³-hybridized carbons (Fsp3) is 0.355. The molecule has 0 unspecified atom stereocenters. The summed E-state index contributed by atoms with van der Waals surface area (Å²) in [5.41, 5.74) is 4.20. The Bertz CT molecular complexity index is 1190. The quantitative estimate of drug-likeness (QED) is 0.144. The summed E-state index contributed by atoms with van der Waals surface area (Å²) in [7, 11) is -3.82. The van der Waals surface area contributed by atoms with Crippen LogP contribution in [0, 0.1) is 0 Å². The normalized spacial score (nSPS) is 11.3. The second-order valence-electron chi connectivity index (χ2n) is 9.19. The molecule has 0 amide bonds. The lowest BCUT2D eigenvalue weighted by Gasteiger charge is -2.17. The topological polar surface area (TPSA) is 72.8 Å². The van der Waals surface area contributed by atoms with Crippen LogP contribution >= 0.6 is 0 Å². The van der Waals surface area contributed by atoms with Crippen molar-refractivity contribution >= 4 is 16.2 Å². The van der Waals surface area contributed by atoms with Crippen LogP contribution in [0.1, 0.15) is 62.5 Å². The van der Waals surface area contributed by atoms with Crippen LogP contribution in [0.15, 0.2) is 79.4 Å². The summed E-state index contributed by atoms with van der Waals surface area (Å²) in [6, 6.07) is 24.3. The maximum absolute atomic E-state index is 10.7. The third-order valence-electron chi connectivity index (χ3n) is 6.21. The van der Waals surface area contributed by atoms with Crippen LogP contribution in [0.25, 0.3) is 17.2 Å².